The van der Waals surface area contributed by atoms with E-state index in [1.54, 1.807) is 19.4 Å². The number of nitrogen functional groups attached to an aromatic ring is 1. The quantitative estimate of drug-likeness (QED) is 0.284. The van der Waals surface area contributed by atoms with Gasteiger partial charge in [-0.25, -0.2) is 24.6 Å². The van der Waals surface area contributed by atoms with Crippen LogP contribution in [-0.4, -0.2) is 17.9 Å². The van der Waals surface area contributed by atoms with Crippen molar-refractivity contribution in [3.63, 3.8) is 0 Å². The molecule has 0 aliphatic heterocycles. The number of ether oxygens (including phenoxy) is 1. The van der Waals surface area contributed by atoms with Crippen LogP contribution < -0.4 is 21.7 Å². The molecule has 138 valence electrons. The van der Waals surface area contributed by atoms with Crippen LogP contribution in [0.4, 0.5) is 20.3 Å². The van der Waals surface area contributed by atoms with Crippen molar-refractivity contribution in [3.8, 4) is 16.9 Å². The molecule has 0 radical (unpaired) electrons. The second-order valence-electron chi connectivity index (χ2n) is 5.56. The van der Waals surface area contributed by atoms with Gasteiger partial charge in [0.25, 0.3) is 0 Å². The van der Waals surface area contributed by atoms with E-state index in [0.29, 0.717) is 5.56 Å². The van der Waals surface area contributed by atoms with Crippen LogP contribution >= 0.6 is 0 Å². The van der Waals surface area contributed by atoms with Crippen molar-refractivity contribution >= 4 is 17.3 Å². The zero-order chi connectivity index (χ0) is 19.4. The summed E-state index contributed by atoms with van der Waals surface area (Å²) in [5.41, 5.74) is 10.1. The van der Waals surface area contributed by atoms with Crippen LogP contribution in [0.2, 0.25) is 0 Å². The topological polar surface area (TPSA) is 98.5 Å². The zero-order valence-electron chi connectivity index (χ0n) is 14.4. The molecule has 0 saturated heterocycles. The maximum Gasteiger partial charge on any atom is 0.184 e. The number of pyridine rings is 1. The number of methoxy groups -OCH3 is 1. The Morgan fingerprint density at radius 2 is 1.85 bits per heavy atom. The van der Waals surface area contributed by atoms with E-state index >= 15 is 0 Å². The van der Waals surface area contributed by atoms with Crippen LogP contribution in [0, 0.1) is 11.6 Å². The number of anilines is 1. The monoisotopic (exact) mass is 369 g/mol. The van der Waals surface area contributed by atoms with Crippen LogP contribution in [0.15, 0.2) is 59.7 Å². The van der Waals surface area contributed by atoms with Crippen molar-refractivity contribution in [2.75, 3.05) is 12.8 Å². The minimum absolute atomic E-state index is 0.0554. The van der Waals surface area contributed by atoms with Gasteiger partial charge in [0.2, 0.25) is 0 Å². The molecule has 0 spiro atoms. The van der Waals surface area contributed by atoms with E-state index in [1.165, 1.54) is 12.1 Å². The number of rotatable bonds is 4. The average Bonchev–Trinajstić information content (AvgIpc) is 2.70. The third-order valence-electron chi connectivity index (χ3n) is 3.90. The Hall–Kier alpha value is -3.52. The molecular weight excluding hydrogens is 352 g/mol. The summed E-state index contributed by atoms with van der Waals surface area (Å²) in [6, 6.07) is 12.7. The van der Waals surface area contributed by atoms with E-state index in [4.69, 9.17) is 16.3 Å². The first kappa shape index (κ1) is 18.3. The molecule has 0 unspecified atom stereocenters. The lowest BCUT2D eigenvalue weighted by atomic mass is 10.0. The molecule has 27 heavy (non-hydrogen) atoms. The molecule has 8 heteroatoms. The average molecular weight is 369 g/mol. The second-order valence-corrected chi connectivity index (χ2v) is 5.56. The molecule has 0 saturated carbocycles. The molecule has 3 rings (SSSR count). The lowest BCUT2D eigenvalue weighted by Gasteiger charge is -2.11. The second kappa shape index (κ2) is 7.79. The summed E-state index contributed by atoms with van der Waals surface area (Å²) in [7, 11) is 1.58. The number of aliphatic imine (C=N–C) groups is 1. The molecule has 0 bridgehead atoms. The number of halogens is 2. The lowest BCUT2D eigenvalue weighted by Crippen LogP contribution is -2.31. The Labute approximate surface area is 154 Å². The number of benzene rings is 2. The molecule has 0 aliphatic carbocycles. The molecule has 0 amide bonds. The van der Waals surface area contributed by atoms with Gasteiger partial charge in [-0.15, -0.1) is 0 Å². The zero-order valence-corrected chi connectivity index (χ0v) is 14.4. The smallest absolute Gasteiger partial charge is 0.184 e. The molecule has 6 nitrogen and oxygen atoms in total. The van der Waals surface area contributed by atoms with Crippen molar-refractivity contribution in [2.45, 2.75) is 0 Å². The molecule has 1 aromatic heterocycles. The Morgan fingerprint density at radius 1 is 1.11 bits per heavy atom. The van der Waals surface area contributed by atoms with Crippen LogP contribution in [0.1, 0.15) is 5.56 Å². The maximum atomic E-state index is 13.9. The van der Waals surface area contributed by atoms with Gasteiger partial charge in [-0.2, -0.15) is 0 Å². The van der Waals surface area contributed by atoms with Gasteiger partial charge in [0.15, 0.2) is 17.5 Å². The van der Waals surface area contributed by atoms with Gasteiger partial charge >= 0.3 is 0 Å². The molecule has 2 aromatic carbocycles. The third kappa shape index (κ3) is 3.85. The summed E-state index contributed by atoms with van der Waals surface area (Å²) in [5, 5.41) is 0. The summed E-state index contributed by atoms with van der Waals surface area (Å²) in [4.78, 5) is 8.21. The summed E-state index contributed by atoms with van der Waals surface area (Å²) in [6.07, 6.45) is 1.59. The predicted molar refractivity (Wildman–Crippen MR) is 101 cm³/mol. The van der Waals surface area contributed by atoms with Crippen molar-refractivity contribution < 1.29 is 13.5 Å². The van der Waals surface area contributed by atoms with Crippen LogP contribution in [0.3, 0.4) is 0 Å². The first-order valence-electron chi connectivity index (χ1n) is 7.93. The third-order valence-corrected chi connectivity index (χ3v) is 3.90. The van der Waals surface area contributed by atoms with Gasteiger partial charge in [0.1, 0.15) is 17.3 Å². The van der Waals surface area contributed by atoms with E-state index in [0.717, 1.165) is 22.9 Å². The molecular formula is C19H17F2N5O. The summed E-state index contributed by atoms with van der Waals surface area (Å²) in [5.74, 6) is 4.36. The van der Waals surface area contributed by atoms with E-state index in [-0.39, 0.29) is 17.3 Å². The lowest BCUT2D eigenvalue weighted by molar-refractivity contribution is 0.415. The Balaban J connectivity index is 2.05. The van der Waals surface area contributed by atoms with E-state index in [1.807, 2.05) is 24.3 Å². The fraction of sp³-hybridized carbons (Fsp3) is 0.0526. The van der Waals surface area contributed by atoms with Crippen molar-refractivity contribution in [1.82, 2.24) is 10.4 Å². The number of nitrogens with one attached hydrogen (secondary N) is 1. The van der Waals surface area contributed by atoms with E-state index in [9.17, 15) is 8.78 Å². The Kier molecular flexibility index (Phi) is 5.28. The first-order valence-corrected chi connectivity index (χ1v) is 7.93. The number of hydrogen-bond donors (Lipinski definition) is 3. The number of hydrogen-bond acceptors (Lipinski definition) is 5. The van der Waals surface area contributed by atoms with Gasteiger partial charge in [-0.3, -0.25) is 0 Å². The highest BCUT2D eigenvalue weighted by Crippen LogP contribution is 2.26. The maximum absolute atomic E-state index is 13.9. The fourth-order valence-corrected chi connectivity index (χ4v) is 2.48. The number of aromatic nitrogens is 1. The standard InChI is InChI=1S/C19H17F2N5O/c1-27-13-7-5-11(6-8-13)12-9-14(18(22)24-10-12)19(26-23)25-16-4-2-3-15(20)17(16)21/h2-10H,23H2,1H3,(H2,22,24)(H,25,26). The number of nitrogens with zero attached hydrogens (tertiary/aromatic N) is 2. The molecule has 1 heterocycles. The summed E-state index contributed by atoms with van der Waals surface area (Å²) in [6.45, 7) is 0. The fourth-order valence-electron chi connectivity index (χ4n) is 2.48. The molecule has 0 fully saturated rings. The number of amidine groups is 1. The van der Waals surface area contributed by atoms with Crippen LogP contribution in [0.25, 0.3) is 11.1 Å². The van der Waals surface area contributed by atoms with Crippen molar-refractivity contribution in [2.24, 2.45) is 10.8 Å². The largest absolute Gasteiger partial charge is 0.497 e. The highest BCUT2D eigenvalue weighted by Gasteiger charge is 2.13. The van der Waals surface area contributed by atoms with Gasteiger partial charge in [0, 0.05) is 11.8 Å². The minimum Gasteiger partial charge on any atom is -0.497 e. The van der Waals surface area contributed by atoms with Crippen LogP contribution in [-0.2, 0) is 0 Å². The summed E-state index contributed by atoms with van der Waals surface area (Å²) < 4.78 is 32.5. The first-order chi connectivity index (χ1) is 13.0. The van der Waals surface area contributed by atoms with Crippen molar-refractivity contribution in [1.29, 1.82) is 0 Å². The molecule has 5 N–H and O–H groups in total. The molecule has 3 aromatic rings. The number of nitrogens with two attached hydrogens (primary N) is 2. The molecule has 0 atom stereocenters. The normalized spacial score (nSPS) is 11.3. The predicted octanol–water partition coefficient (Wildman–Crippen LogP) is 3.16. The van der Waals surface area contributed by atoms with Crippen LogP contribution in [0.5, 0.6) is 5.75 Å². The van der Waals surface area contributed by atoms with Gasteiger partial charge < -0.3 is 15.9 Å². The van der Waals surface area contributed by atoms with Crippen molar-refractivity contribution in [3.05, 3.63) is 71.9 Å². The van der Waals surface area contributed by atoms with E-state index < -0.39 is 11.6 Å². The van der Waals surface area contributed by atoms with Gasteiger partial charge in [-0.1, -0.05) is 18.2 Å². The highest BCUT2D eigenvalue weighted by molar-refractivity contribution is 6.04. The van der Waals surface area contributed by atoms with Gasteiger partial charge in [-0.05, 0) is 35.9 Å². The molecule has 0 aliphatic rings. The van der Waals surface area contributed by atoms with Gasteiger partial charge in [0.05, 0.1) is 12.7 Å². The number of hydrazine groups is 1. The SMILES string of the molecule is COc1ccc(-c2cnc(N)c(C(=Nc3cccc(F)c3F)NN)c2)cc1. The Morgan fingerprint density at radius 3 is 2.52 bits per heavy atom. The summed E-state index contributed by atoms with van der Waals surface area (Å²) >= 11 is 0. The minimum atomic E-state index is -1.08. The Bertz CT molecular complexity index is 990. The van der Waals surface area contributed by atoms with E-state index in [2.05, 4.69) is 15.4 Å². The highest BCUT2D eigenvalue weighted by atomic mass is 19.2.